The van der Waals surface area contributed by atoms with Crippen LogP contribution in [0.1, 0.15) is 39.2 Å². The van der Waals surface area contributed by atoms with Gasteiger partial charge in [0.05, 0.1) is 0 Å². The number of rotatable bonds is 6. The average molecular weight is 333 g/mol. The quantitative estimate of drug-likeness (QED) is 0.700. The molecule has 0 spiro atoms. The summed E-state index contributed by atoms with van der Waals surface area (Å²) >= 11 is 0. The van der Waals surface area contributed by atoms with Gasteiger partial charge in [-0.25, -0.2) is 4.79 Å². The van der Waals surface area contributed by atoms with E-state index in [1.807, 2.05) is 32.9 Å². The first kappa shape index (κ1) is 18.7. The maximum atomic E-state index is 11.7. The Bertz CT molecular complexity index is 502. The number of carbonyl (C=O) groups is 1. The topological polar surface area (TPSA) is 62.4 Å². The molecule has 1 aliphatic heterocycles. The van der Waals surface area contributed by atoms with Crippen molar-refractivity contribution in [2.45, 2.75) is 45.6 Å². The second kappa shape index (κ2) is 9.04. The summed E-state index contributed by atoms with van der Waals surface area (Å²) in [6.45, 7) is 9.96. The minimum atomic E-state index is -0.482. The highest BCUT2D eigenvalue weighted by Gasteiger charge is 2.16. The van der Waals surface area contributed by atoms with E-state index in [9.17, 15) is 4.79 Å². The maximum Gasteiger partial charge on any atom is 0.412 e. The van der Waals surface area contributed by atoms with Gasteiger partial charge in [-0.3, -0.25) is 5.32 Å². The fourth-order valence-electron chi connectivity index (χ4n) is 2.80. The van der Waals surface area contributed by atoms with Crippen molar-refractivity contribution in [3.8, 4) is 0 Å². The Hall–Kier alpha value is -1.59. The predicted octanol–water partition coefficient (Wildman–Crippen LogP) is 3.17. The molecule has 1 aromatic rings. The molecule has 1 amide bonds. The van der Waals surface area contributed by atoms with E-state index in [1.165, 1.54) is 18.4 Å². The fourth-order valence-corrected chi connectivity index (χ4v) is 2.80. The average Bonchev–Trinajstić information content (AvgIpc) is 2.52. The van der Waals surface area contributed by atoms with Crippen molar-refractivity contribution in [3.05, 3.63) is 29.8 Å². The summed E-state index contributed by atoms with van der Waals surface area (Å²) < 4.78 is 5.24. The van der Waals surface area contributed by atoms with Gasteiger partial charge in [-0.15, -0.1) is 0 Å². The smallest absolute Gasteiger partial charge is 0.412 e. The van der Waals surface area contributed by atoms with E-state index < -0.39 is 11.7 Å². The maximum absolute atomic E-state index is 11.7. The Morgan fingerprint density at radius 2 is 1.88 bits per heavy atom. The van der Waals surface area contributed by atoms with Crippen LogP contribution in [0.3, 0.4) is 0 Å². The van der Waals surface area contributed by atoms with E-state index in [4.69, 9.17) is 4.74 Å². The van der Waals surface area contributed by atoms with Gasteiger partial charge in [0.25, 0.3) is 0 Å². The van der Waals surface area contributed by atoms with Gasteiger partial charge in [0, 0.05) is 5.69 Å². The van der Waals surface area contributed by atoms with Crippen LogP contribution >= 0.6 is 0 Å². The van der Waals surface area contributed by atoms with Gasteiger partial charge < -0.3 is 15.4 Å². The van der Waals surface area contributed by atoms with Gasteiger partial charge in [-0.05, 0) is 89.8 Å². The lowest BCUT2D eigenvalue weighted by Crippen LogP contribution is -2.34. The van der Waals surface area contributed by atoms with Crippen LogP contribution in [0.15, 0.2) is 24.3 Å². The number of nitrogens with one attached hydrogen (secondary N) is 3. The highest BCUT2D eigenvalue weighted by Crippen LogP contribution is 2.13. The lowest BCUT2D eigenvalue weighted by atomic mass is 9.98. The molecule has 2 rings (SSSR count). The van der Waals surface area contributed by atoms with Crippen molar-refractivity contribution in [1.82, 2.24) is 10.6 Å². The molecule has 1 heterocycles. The normalized spacial score (nSPS) is 16.0. The Labute approximate surface area is 145 Å². The van der Waals surface area contributed by atoms with Crippen LogP contribution in [0.4, 0.5) is 10.5 Å². The first-order valence-electron chi connectivity index (χ1n) is 8.93. The molecule has 0 aromatic heterocycles. The third-order valence-corrected chi connectivity index (χ3v) is 4.08. The third kappa shape index (κ3) is 7.32. The molecule has 0 bridgehead atoms. The molecule has 3 N–H and O–H groups in total. The molecule has 0 atom stereocenters. The zero-order valence-corrected chi connectivity index (χ0v) is 15.2. The minimum absolute atomic E-state index is 0.418. The van der Waals surface area contributed by atoms with Crippen molar-refractivity contribution in [2.24, 2.45) is 5.92 Å². The van der Waals surface area contributed by atoms with Gasteiger partial charge in [0.2, 0.25) is 0 Å². The summed E-state index contributed by atoms with van der Waals surface area (Å²) in [4.78, 5) is 11.7. The van der Waals surface area contributed by atoms with Crippen LogP contribution in [-0.2, 0) is 11.2 Å². The molecule has 5 nitrogen and oxygen atoms in total. The highest BCUT2D eigenvalue weighted by atomic mass is 16.6. The van der Waals surface area contributed by atoms with E-state index in [0.717, 1.165) is 44.2 Å². The van der Waals surface area contributed by atoms with Crippen molar-refractivity contribution in [1.29, 1.82) is 0 Å². The number of carbonyl (C=O) groups excluding carboxylic acids is 1. The van der Waals surface area contributed by atoms with Crippen LogP contribution in [-0.4, -0.2) is 37.9 Å². The van der Waals surface area contributed by atoms with Gasteiger partial charge in [0.1, 0.15) is 5.60 Å². The van der Waals surface area contributed by atoms with E-state index in [0.29, 0.717) is 0 Å². The number of benzene rings is 1. The van der Waals surface area contributed by atoms with Crippen LogP contribution < -0.4 is 16.0 Å². The van der Waals surface area contributed by atoms with Crippen LogP contribution in [0.25, 0.3) is 0 Å². The zero-order valence-electron chi connectivity index (χ0n) is 15.2. The minimum Gasteiger partial charge on any atom is -0.444 e. The summed E-state index contributed by atoms with van der Waals surface area (Å²) in [6, 6.07) is 7.95. The fraction of sp³-hybridized carbons (Fsp3) is 0.632. The monoisotopic (exact) mass is 333 g/mol. The van der Waals surface area contributed by atoms with Gasteiger partial charge in [0.15, 0.2) is 0 Å². The van der Waals surface area contributed by atoms with Crippen molar-refractivity contribution < 1.29 is 9.53 Å². The number of amides is 1. The second-order valence-electron chi connectivity index (χ2n) is 7.47. The molecular formula is C19H31N3O2. The summed E-state index contributed by atoms with van der Waals surface area (Å²) in [7, 11) is 0. The molecule has 0 unspecified atom stereocenters. The molecule has 1 fully saturated rings. The highest BCUT2D eigenvalue weighted by molar-refractivity contribution is 5.84. The van der Waals surface area contributed by atoms with Crippen molar-refractivity contribution >= 4 is 11.8 Å². The molecule has 5 heteroatoms. The molecule has 24 heavy (non-hydrogen) atoms. The van der Waals surface area contributed by atoms with E-state index in [1.54, 1.807) is 0 Å². The predicted molar refractivity (Wildman–Crippen MR) is 98.5 cm³/mol. The Kier molecular flexibility index (Phi) is 7.06. The molecular weight excluding hydrogens is 302 g/mol. The molecule has 134 valence electrons. The number of anilines is 1. The van der Waals surface area contributed by atoms with Gasteiger partial charge in [-0.2, -0.15) is 0 Å². The number of hydrogen-bond acceptors (Lipinski definition) is 4. The first-order valence-corrected chi connectivity index (χ1v) is 8.93. The first-order chi connectivity index (χ1) is 11.4. The summed E-state index contributed by atoms with van der Waals surface area (Å²) in [5, 5.41) is 9.71. The van der Waals surface area contributed by atoms with E-state index in [-0.39, 0.29) is 0 Å². The number of hydrogen-bond donors (Lipinski definition) is 3. The Morgan fingerprint density at radius 1 is 1.21 bits per heavy atom. The van der Waals surface area contributed by atoms with Crippen molar-refractivity contribution in [3.63, 3.8) is 0 Å². The van der Waals surface area contributed by atoms with Crippen molar-refractivity contribution in [2.75, 3.05) is 31.5 Å². The van der Waals surface area contributed by atoms with Gasteiger partial charge in [-0.1, -0.05) is 12.1 Å². The molecule has 1 saturated heterocycles. The molecule has 0 saturated carbocycles. The zero-order chi connectivity index (χ0) is 17.4. The molecule has 0 aliphatic carbocycles. The van der Waals surface area contributed by atoms with Gasteiger partial charge >= 0.3 is 6.09 Å². The second-order valence-corrected chi connectivity index (χ2v) is 7.47. The Morgan fingerprint density at radius 3 is 2.50 bits per heavy atom. The molecule has 1 aliphatic rings. The van der Waals surface area contributed by atoms with E-state index >= 15 is 0 Å². The standard InChI is InChI=1S/C19H31N3O2/c1-19(2,3)24-18(23)22-17-6-4-15(5-7-17)8-13-21-14-16-9-11-20-12-10-16/h4-7,16,20-21H,8-14H2,1-3H3,(H,22,23). The lowest BCUT2D eigenvalue weighted by molar-refractivity contribution is 0.0636. The van der Waals surface area contributed by atoms with Crippen LogP contribution in [0.5, 0.6) is 0 Å². The summed E-state index contributed by atoms with van der Waals surface area (Å²) in [5.74, 6) is 0.812. The Balaban J connectivity index is 1.67. The third-order valence-electron chi connectivity index (χ3n) is 4.08. The SMILES string of the molecule is CC(C)(C)OC(=O)Nc1ccc(CCNCC2CCNCC2)cc1. The lowest BCUT2D eigenvalue weighted by Gasteiger charge is -2.22. The van der Waals surface area contributed by atoms with Crippen LogP contribution in [0.2, 0.25) is 0 Å². The summed E-state index contributed by atoms with van der Waals surface area (Å²) in [5.41, 5.74) is 1.54. The van der Waals surface area contributed by atoms with Crippen LogP contribution in [0, 0.1) is 5.92 Å². The number of piperidine rings is 1. The largest absolute Gasteiger partial charge is 0.444 e. The van der Waals surface area contributed by atoms with E-state index in [2.05, 4.69) is 28.1 Å². The summed E-state index contributed by atoms with van der Waals surface area (Å²) in [6.07, 6.45) is 3.13. The number of ether oxygens (including phenoxy) is 1. The molecule has 0 radical (unpaired) electrons. The molecule has 1 aromatic carbocycles.